The van der Waals surface area contributed by atoms with E-state index in [9.17, 15) is 9.90 Å². The van der Waals surface area contributed by atoms with Gasteiger partial charge in [0, 0.05) is 38.5 Å². The van der Waals surface area contributed by atoms with Crippen molar-refractivity contribution in [3.05, 3.63) is 0 Å². The number of likely N-dealkylation sites (tertiary alicyclic amines) is 1. The Balaban J connectivity index is 1.38. The second-order valence-corrected chi connectivity index (χ2v) is 6.84. The Morgan fingerprint density at radius 1 is 1.24 bits per heavy atom. The van der Waals surface area contributed by atoms with Crippen LogP contribution in [0, 0.1) is 5.92 Å². The van der Waals surface area contributed by atoms with Crippen LogP contribution in [0.5, 0.6) is 0 Å². The van der Waals surface area contributed by atoms with Gasteiger partial charge in [-0.05, 0) is 38.6 Å². The van der Waals surface area contributed by atoms with Gasteiger partial charge in [0.15, 0.2) is 0 Å². The summed E-state index contributed by atoms with van der Waals surface area (Å²) in [4.78, 5) is 16.7. The van der Waals surface area contributed by atoms with E-state index in [1.165, 1.54) is 0 Å². The fourth-order valence-corrected chi connectivity index (χ4v) is 3.62. The third kappa shape index (κ3) is 3.96. The summed E-state index contributed by atoms with van der Waals surface area (Å²) in [6.45, 7) is 6.27. The highest BCUT2D eigenvalue weighted by atomic mass is 16.5. The van der Waals surface area contributed by atoms with E-state index in [0.29, 0.717) is 12.3 Å². The number of hydrogen-bond donors (Lipinski definition) is 1. The van der Waals surface area contributed by atoms with Crippen molar-refractivity contribution in [3.8, 4) is 0 Å². The minimum atomic E-state index is -0.438. The third-order valence-corrected chi connectivity index (χ3v) is 5.26. The number of nitrogens with zero attached hydrogens (tertiary/aromatic N) is 2. The molecule has 2 aliphatic heterocycles. The molecule has 1 aliphatic carbocycles. The second kappa shape index (κ2) is 6.63. The predicted octanol–water partition coefficient (Wildman–Crippen LogP) is 0.862. The molecule has 0 aromatic carbocycles. The molecule has 0 radical (unpaired) electrons. The second-order valence-electron chi connectivity index (χ2n) is 6.84. The van der Waals surface area contributed by atoms with E-state index in [4.69, 9.17) is 4.74 Å². The first kappa shape index (κ1) is 15.3. The Hall–Kier alpha value is -0.650. The van der Waals surface area contributed by atoms with Crippen molar-refractivity contribution in [3.63, 3.8) is 0 Å². The van der Waals surface area contributed by atoms with Crippen LogP contribution in [0.15, 0.2) is 0 Å². The number of carbonyl (C=O) groups is 1. The fraction of sp³-hybridized carbons (Fsp3) is 0.938. The molecular formula is C16H28N2O3. The fourth-order valence-electron chi connectivity index (χ4n) is 3.62. The van der Waals surface area contributed by atoms with Crippen LogP contribution >= 0.6 is 0 Å². The maximum Gasteiger partial charge on any atom is 0.222 e. The highest BCUT2D eigenvalue weighted by Crippen LogP contribution is 2.45. The van der Waals surface area contributed by atoms with Crippen molar-refractivity contribution in [2.75, 3.05) is 45.9 Å². The number of aliphatic hydroxyl groups is 1. The molecule has 1 amide bonds. The van der Waals surface area contributed by atoms with Gasteiger partial charge in [0.2, 0.25) is 5.91 Å². The summed E-state index contributed by atoms with van der Waals surface area (Å²) in [5.41, 5.74) is -0.438. The quantitative estimate of drug-likeness (QED) is 0.818. The average Bonchev–Trinajstić information content (AvgIpc) is 3.27. The molecule has 0 aromatic heterocycles. The van der Waals surface area contributed by atoms with Crippen LogP contribution in [0.1, 0.15) is 38.5 Å². The van der Waals surface area contributed by atoms with Gasteiger partial charge in [-0.1, -0.05) is 0 Å². The topological polar surface area (TPSA) is 53.0 Å². The summed E-state index contributed by atoms with van der Waals surface area (Å²) in [6, 6.07) is 0. The Morgan fingerprint density at radius 2 is 2.00 bits per heavy atom. The zero-order valence-corrected chi connectivity index (χ0v) is 12.9. The first-order valence-electron chi connectivity index (χ1n) is 8.48. The summed E-state index contributed by atoms with van der Waals surface area (Å²) in [5, 5.41) is 10.2. The lowest BCUT2D eigenvalue weighted by Gasteiger charge is -2.35. The van der Waals surface area contributed by atoms with E-state index in [2.05, 4.69) is 4.90 Å². The zero-order valence-electron chi connectivity index (χ0n) is 12.9. The molecule has 0 aromatic rings. The number of carbonyl (C=O) groups excluding carboxylic acids is 1. The molecule has 0 spiro atoms. The van der Waals surface area contributed by atoms with Crippen molar-refractivity contribution in [2.45, 2.75) is 44.1 Å². The summed E-state index contributed by atoms with van der Waals surface area (Å²) in [5.74, 6) is 0.589. The van der Waals surface area contributed by atoms with Gasteiger partial charge >= 0.3 is 0 Å². The lowest BCUT2D eigenvalue weighted by atomic mass is 9.90. The van der Waals surface area contributed by atoms with E-state index in [0.717, 1.165) is 78.0 Å². The summed E-state index contributed by atoms with van der Waals surface area (Å²) >= 11 is 0. The van der Waals surface area contributed by atoms with E-state index < -0.39 is 5.60 Å². The SMILES string of the molecule is O=C(CCCN1CCOCC1)N1CCCC(C2(O)CC2)C1. The number of rotatable bonds is 5. The van der Waals surface area contributed by atoms with Crippen molar-refractivity contribution in [1.82, 2.24) is 9.80 Å². The van der Waals surface area contributed by atoms with Crippen LogP contribution in [0.2, 0.25) is 0 Å². The van der Waals surface area contributed by atoms with Gasteiger partial charge in [-0.2, -0.15) is 0 Å². The smallest absolute Gasteiger partial charge is 0.222 e. The maximum atomic E-state index is 12.3. The first-order chi connectivity index (χ1) is 10.2. The van der Waals surface area contributed by atoms with Crippen molar-refractivity contribution in [1.29, 1.82) is 0 Å². The van der Waals surface area contributed by atoms with Crippen molar-refractivity contribution >= 4 is 5.91 Å². The normalized spacial score (nSPS) is 29.4. The number of morpholine rings is 1. The molecule has 1 unspecified atom stereocenters. The molecule has 2 saturated heterocycles. The Morgan fingerprint density at radius 3 is 2.71 bits per heavy atom. The van der Waals surface area contributed by atoms with Crippen LogP contribution in [0.25, 0.3) is 0 Å². The van der Waals surface area contributed by atoms with Crippen LogP contribution in [-0.2, 0) is 9.53 Å². The van der Waals surface area contributed by atoms with E-state index >= 15 is 0 Å². The largest absolute Gasteiger partial charge is 0.390 e. The molecule has 5 nitrogen and oxygen atoms in total. The van der Waals surface area contributed by atoms with Gasteiger partial charge in [-0.25, -0.2) is 0 Å². The van der Waals surface area contributed by atoms with Crippen LogP contribution in [0.3, 0.4) is 0 Å². The molecule has 5 heteroatoms. The van der Waals surface area contributed by atoms with Crippen LogP contribution in [0.4, 0.5) is 0 Å². The molecule has 2 heterocycles. The van der Waals surface area contributed by atoms with Gasteiger partial charge in [0.1, 0.15) is 0 Å². The Kier molecular flexibility index (Phi) is 4.82. The summed E-state index contributed by atoms with van der Waals surface area (Å²) in [6.07, 6.45) is 5.55. The number of amides is 1. The van der Waals surface area contributed by atoms with Crippen LogP contribution < -0.4 is 0 Å². The van der Waals surface area contributed by atoms with Gasteiger partial charge in [0.25, 0.3) is 0 Å². The van der Waals surface area contributed by atoms with Gasteiger partial charge in [-0.15, -0.1) is 0 Å². The Bertz CT molecular complexity index is 365. The molecule has 0 bridgehead atoms. The zero-order chi connectivity index (χ0) is 14.7. The van der Waals surface area contributed by atoms with Crippen molar-refractivity contribution in [2.24, 2.45) is 5.92 Å². The molecular weight excluding hydrogens is 268 g/mol. The molecule has 21 heavy (non-hydrogen) atoms. The lowest BCUT2D eigenvalue weighted by Crippen LogP contribution is -2.44. The highest BCUT2D eigenvalue weighted by Gasteiger charge is 2.48. The minimum absolute atomic E-state index is 0.275. The van der Waals surface area contributed by atoms with Crippen molar-refractivity contribution < 1.29 is 14.6 Å². The average molecular weight is 296 g/mol. The number of piperidine rings is 1. The molecule has 120 valence electrons. The molecule has 1 saturated carbocycles. The van der Waals surface area contributed by atoms with Gasteiger partial charge in [0.05, 0.1) is 18.8 Å². The third-order valence-electron chi connectivity index (χ3n) is 5.26. The predicted molar refractivity (Wildman–Crippen MR) is 80.0 cm³/mol. The number of ether oxygens (including phenoxy) is 1. The summed E-state index contributed by atoms with van der Waals surface area (Å²) < 4.78 is 5.33. The summed E-state index contributed by atoms with van der Waals surface area (Å²) in [7, 11) is 0. The molecule has 3 aliphatic rings. The molecule has 1 N–H and O–H groups in total. The Labute approximate surface area is 127 Å². The van der Waals surface area contributed by atoms with E-state index in [1.54, 1.807) is 0 Å². The molecule has 3 rings (SSSR count). The van der Waals surface area contributed by atoms with Gasteiger partial charge in [-0.3, -0.25) is 9.69 Å². The lowest BCUT2D eigenvalue weighted by molar-refractivity contribution is -0.134. The molecule has 3 fully saturated rings. The highest BCUT2D eigenvalue weighted by molar-refractivity contribution is 5.76. The van der Waals surface area contributed by atoms with E-state index in [-0.39, 0.29) is 5.91 Å². The molecule has 1 atom stereocenters. The monoisotopic (exact) mass is 296 g/mol. The minimum Gasteiger partial charge on any atom is -0.390 e. The standard InChI is InChI=1S/C16H28N2O3/c19-15(4-2-7-17-9-11-21-12-10-17)18-8-1-3-14(13-18)16(20)5-6-16/h14,20H,1-13H2. The number of hydrogen-bond acceptors (Lipinski definition) is 4. The maximum absolute atomic E-state index is 12.3. The van der Waals surface area contributed by atoms with Crippen LogP contribution in [-0.4, -0.2) is 72.4 Å². The van der Waals surface area contributed by atoms with Gasteiger partial charge < -0.3 is 14.7 Å². The first-order valence-corrected chi connectivity index (χ1v) is 8.48. The van der Waals surface area contributed by atoms with E-state index in [1.807, 2.05) is 4.90 Å².